The van der Waals surface area contributed by atoms with E-state index in [9.17, 15) is 13.2 Å². The molecule has 2 rings (SSSR count). The maximum atomic E-state index is 12.9. The van der Waals surface area contributed by atoms with E-state index in [1.807, 2.05) is 6.92 Å². The van der Waals surface area contributed by atoms with Gasteiger partial charge in [0.15, 0.2) is 0 Å². The highest BCUT2D eigenvalue weighted by molar-refractivity contribution is 7.89. The molecule has 0 aromatic heterocycles. The monoisotopic (exact) mass is 311 g/mol. The summed E-state index contributed by atoms with van der Waals surface area (Å²) in [7, 11) is -3.73. The van der Waals surface area contributed by atoms with Gasteiger partial charge in [-0.25, -0.2) is 8.42 Å². The van der Waals surface area contributed by atoms with Gasteiger partial charge in [-0.2, -0.15) is 4.31 Å². The van der Waals surface area contributed by atoms with Gasteiger partial charge in [-0.05, 0) is 49.9 Å². The summed E-state index contributed by atoms with van der Waals surface area (Å²) in [5.41, 5.74) is 8.43. The first kappa shape index (κ1) is 15.8. The van der Waals surface area contributed by atoms with Crippen LogP contribution < -0.4 is 11.1 Å². The SMILES string of the molecule is Cc1cc(N)c(C)c(S(=O)(=O)N2CCCNC(=O)C2)c1C. The van der Waals surface area contributed by atoms with E-state index in [1.165, 1.54) is 4.31 Å². The molecule has 0 bridgehead atoms. The molecule has 7 heteroatoms. The zero-order valence-electron chi connectivity index (χ0n) is 12.6. The van der Waals surface area contributed by atoms with E-state index < -0.39 is 10.0 Å². The zero-order chi connectivity index (χ0) is 15.8. The molecule has 1 fully saturated rings. The van der Waals surface area contributed by atoms with Crippen LogP contribution in [0.25, 0.3) is 0 Å². The lowest BCUT2D eigenvalue weighted by atomic mass is 10.1. The van der Waals surface area contributed by atoms with Crippen molar-refractivity contribution in [1.82, 2.24) is 9.62 Å². The first-order chi connectivity index (χ1) is 9.75. The van der Waals surface area contributed by atoms with E-state index in [0.717, 1.165) is 5.56 Å². The predicted octanol–water partition coefficient (Wildman–Crippen LogP) is 0.705. The highest BCUT2D eigenvalue weighted by Crippen LogP contribution is 2.30. The number of carbonyl (C=O) groups excluding carboxylic acids is 1. The Bertz CT molecular complexity index is 657. The largest absolute Gasteiger partial charge is 0.398 e. The molecule has 3 N–H and O–H groups in total. The lowest BCUT2D eigenvalue weighted by Crippen LogP contribution is -2.38. The van der Waals surface area contributed by atoms with Gasteiger partial charge in [-0.3, -0.25) is 4.79 Å². The van der Waals surface area contributed by atoms with Crippen LogP contribution in [0.5, 0.6) is 0 Å². The molecule has 0 unspecified atom stereocenters. The number of aryl methyl sites for hydroxylation is 1. The van der Waals surface area contributed by atoms with Gasteiger partial charge in [0, 0.05) is 18.8 Å². The maximum Gasteiger partial charge on any atom is 0.244 e. The maximum absolute atomic E-state index is 12.9. The zero-order valence-corrected chi connectivity index (χ0v) is 13.4. The van der Waals surface area contributed by atoms with Crippen molar-refractivity contribution >= 4 is 21.6 Å². The van der Waals surface area contributed by atoms with E-state index in [-0.39, 0.29) is 17.3 Å². The lowest BCUT2D eigenvalue weighted by Gasteiger charge is -2.23. The minimum atomic E-state index is -3.73. The number of anilines is 1. The second-order valence-corrected chi connectivity index (χ2v) is 7.28. The molecule has 21 heavy (non-hydrogen) atoms. The predicted molar refractivity (Wildman–Crippen MR) is 81.5 cm³/mol. The Kier molecular flexibility index (Phi) is 4.25. The number of nitrogens with one attached hydrogen (secondary N) is 1. The fraction of sp³-hybridized carbons (Fsp3) is 0.500. The van der Waals surface area contributed by atoms with Crippen LogP contribution in [0, 0.1) is 20.8 Å². The van der Waals surface area contributed by atoms with E-state index in [1.54, 1.807) is 19.9 Å². The number of rotatable bonds is 2. The van der Waals surface area contributed by atoms with Crippen LogP contribution in [-0.2, 0) is 14.8 Å². The number of sulfonamides is 1. The number of benzene rings is 1. The van der Waals surface area contributed by atoms with Crippen molar-refractivity contribution in [2.75, 3.05) is 25.4 Å². The number of nitrogen functional groups attached to an aromatic ring is 1. The van der Waals surface area contributed by atoms with Gasteiger partial charge >= 0.3 is 0 Å². The van der Waals surface area contributed by atoms with Gasteiger partial charge < -0.3 is 11.1 Å². The highest BCUT2D eigenvalue weighted by atomic mass is 32.2. The van der Waals surface area contributed by atoms with Crippen LogP contribution in [0.1, 0.15) is 23.1 Å². The normalized spacial score (nSPS) is 17.4. The van der Waals surface area contributed by atoms with E-state index >= 15 is 0 Å². The average Bonchev–Trinajstić information content (AvgIpc) is 2.61. The molecule has 1 amide bonds. The first-order valence-electron chi connectivity index (χ1n) is 6.88. The van der Waals surface area contributed by atoms with Crippen LogP contribution in [0.3, 0.4) is 0 Å². The fourth-order valence-corrected chi connectivity index (χ4v) is 4.51. The summed E-state index contributed by atoms with van der Waals surface area (Å²) < 4.78 is 27.1. The quantitative estimate of drug-likeness (QED) is 0.787. The third-order valence-corrected chi connectivity index (χ3v) is 6.02. The summed E-state index contributed by atoms with van der Waals surface area (Å²) in [6.45, 7) is 5.99. The van der Waals surface area contributed by atoms with Crippen molar-refractivity contribution < 1.29 is 13.2 Å². The number of carbonyl (C=O) groups is 1. The van der Waals surface area contributed by atoms with Crippen LogP contribution >= 0.6 is 0 Å². The number of amides is 1. The number of hydrogen-bond acceptors (Lipinski definition) is 4. The van der Waals surface area contributed by atoms with Crippen molar-refractivity contribution in [3.05, 3.63) is 22.8 Å². The molecule has 1 aliphatic rings. The Hall–Kier alpha value is -1.60. The molecule has 6 nitrogen and oxygen atoms in total. The van der Waals surface area contributed by atoms with E-state index in [0.29, 0.717) is 36.3 Å². The van der Waals surface area contributed by atoms with Gasteiger partial charge in [0.05, 0.1) is 11.4 Å². The van der Waals surface area contributed by atoms with E-state index in [2.05, 4.69) is 5.32 Å². The van der Waals surface area contributed by atoms with Crippen molar-refractivity contribution in [2.45, 2.75) is 32.1 Å². The number of nitrogens with zero attached hydrogens (tertiary/aromatic N) is 1. The van der Waals surface area contributed by atoms with Crippen LogP contribution in [0.2, 0.25) is 0 Å². The summed E-state index contributed by atoms with van der Waals surface area (Å²) in [5, 5.41) is 2.68. The summed E-state index contributed by atoms with van der Waals surface area (Å²) in [4.78, 5) is 11.9. The lowest BCUT2D eigenvalue weighted by molar-refractivity contribution is -0.120. The second kappa shape index (κ2) is 5.65. The third-order valence-electron chi connectivity index (χ3n) is 3.90. The Morgan fingerprint density at radius 2 is 1.90 bits per heavy atom. The topological polar surface area (TPSA) is 92.5 Å². The summed E-state index contributed by atoms with van der Waals surface area (Å²) >= 11 is 0. The van der Waals surface area contributed by atoms with Gasteiger partial charge in [0.25, 0.3) is 0 Å². The van der Waals surface area contributed by atoms with Crippen LogP contribution in [0.4, 0.5) is 5.69 Å². The molecule has 1 aromatic rings. The van der Waals surface area contributed by atoms with Crippen molar-refractivity contribution in [2.24, 2.45) is 0 Å². The molecule has 0 saturated carbocycles. The van der Waals surface area contributed by atoms with E-state index in [4.69, 9.17) is 5.73 Å². The minimum absolute atomic E-state index is 0.144. The van der Waals surface area contributed by atoms with Gasteiger partial charge in [0.2, 0.25) is 15.9 Å². The Morgan fingerprint density at radius 1 is 1.24 bits per heavy atom. The Labute approximate surface area is 125 Å². The Balaban J connectivity index is 2.56. The van der Waals surface area contributed by atoms with Crippen molar-refractivity contribution in [3.63, 3.8) is 0 Å². The van der Waals surface area contributed by atoms with Gasteiger partial charge in [0.1, 0.15) is 0 Å². The summed E-state index contributed by atoms with van der Waals surface area (Å²) in [6.07, 6.45) is 0.602. The highest BCUT2D eigenvalue weighted by Gasteiger charge is 2.31. The molecular weight excluding hydrogens is 290 g/mol. The van der Waals surface area contributed by atoms with Gasteiger partial charge in [-0.15, -0.1) is 0 Å². The van der Waals surface area contributed by atoms with Crippen LogP contribution in [-0.4, -0.2) is 38.3 Å². The fourth-order valence-electron chi connectivity index (χ4n) is 2.54. The molecule has 0 spiro atoms. The molecule has 116 valence electrons. The van der Waals surface area contributed by atoms with Crippen molar-refractivity contribution in [1.29, 1.82) is 0 Å². The van der Waals surface area contributed by atoms with Gasteiger partial charge in [-0.1, -0.05) is 0 Å². The average molecular weight is 311 g/mol. The minimum Gasteiger partial charge on any atom is -0.398 e. The number of hydrogen-bond donors (Lipinski definition) is 2. The number of nitrogens with two attached hydrogens (primary N) is 1. The smallest absolute Gasteiger partial charge is 0.244 e. The molecule has 1 aromatic carbocycles. The summed E-state index contributed by atoms with van der Waals surface area (Å²) in [5.74, 6) is -0.271. The van der Waals surface area contributed by atoms with Crippen molar-refractivity contribution in [3.8, 4) is 0 Å². The second-order valence-electron chi connectivity index (χ2n) is 5.40. The molecular formula is C14H21N3O3S. The molecule has 1 saturated heterocycles. The molecule has 0 radical (unpaired) electrons. The molecule has 0 aliphatic carbocycles. The molecule has 1 heterocycles. The molecule has 0 atom stereocenters. The first-order valence-corrected chi connectivity index (χ1v) is 8.32. The summed E-state index contributed by atoms with van der Waals surface area (Å²) in [6, 6.07) is 1.78. The van der Waals surface area contributed by atoms with Crippen LogP contribution in [0.15, 0.2) is 11.0 Å². The Morgan fingerprint density at radius 3 is 2.57 bits per heavy atom. The standard InChI is InChI=1S/C14H21N3O3S/c1-9-7-12(15)11(3)14(10(9)2)21(19,20)17-6-4-5-16-13(18)8-17/h7H,4-6,8,15H2,1-3H3,(H,16,18). The molecule has 1 aliphatic heterocycles. The third kappa shape index (κ3) is 2.89.